The predicted octanol–water partition coefficient (Wildman–Crippen LogP) is 2.67. The average Bonchev–Trinajstić information content (AvgIpc) is 2.39. The van der Waals surface area contributed by atoms with E-state index in [0.29, 0.717) is 0 Å². The van der Waals surface area contributed by atoms with Gasteiger partial charge in [-0.1, -0.05) is 0 Å². The van der Waals surface area contributed by atoms with Crippen molar-refractivity contribution in [2.24, 2.45) is 0 Å². The van der Waals surface area contributed by atoms with Gasteiger partial charge in [0.1, 0.15) is 5.82 Å². The molecular formula is C14H15FN2O. The fourth-order valence-electron chi connectivity index (χ4n) is 1.81. The molecule has 0 saturated carbocycles. The Morgan fingerprint density at radius 1 is 1.28 bits per heavy atom. The zero-order valence-electron chi connectivity index (χ0n) is 10.1. The molecule has 2 N–H and O–H groups in total. The van der Waals surface area contributed by atoms with Gasteiger partial charge in [-0.05, 0) is 48.4 Å². The summed E-state index contributed by atoms with van der Waals surface area (Å²) in [5.41, 5.74) is 2.75. The van der Waals surface area contributed by atoms with Crippen LogP contribution in [0.15, 0.2) is 42.7 Å². The normalized spacial score (nSPS) is 12.2. The maximum Gasteiger partial charge on any atom is 0.123 e. The first-order valence-corrected chi connectivity index (χ1v) is 5.74. The summed E-state index contributed by atoms with van der Waals surface area (Å²) in [5, 5.41) is 12.6. The lowest BCUT2D eigenvalue weighted by Gasteiger charge is -2.19. The van der Waals surface area contributed by atoms with Crippen LogP contribution in [-0.4, -0.2) is 16.7 Å². The fraction of sp³-hybridized carbons (Fsp3) is 0.214. The van der Waals surface area contributed by atoms with Crippen LogP contribution in [0.25, 0.3) is 0 Å². The molecule has 18 heavy (non-hydrogen) atoms. The largest absolute Gasteiger partial charge is 0.394 e. The molecule has 0 radical (unpaired) electrons. The highest BCUT2D eigenvalue weighted by atomic mass is 19.1. The number of anilines is 1. The molecule has 0 spiro atoms. The molecule has 3 nitrogen and oxygen atoms in total. The van der Waals surface area contributed by atoms with Gasteiger partial charge in [0, 0.05) is 18.1 Å². The number of pyridine rings is 1. The first-order valence-electron chi connectivity index (χ1n) is 5.74. The van der Waals surface area contributed by atoms with Gasteiger partial charge in [0.25, 0.3) is 0 Å². The van der Waals surface area contributed by atoms with Crippen LogP contribution in [0.4, 0.5) is 10.1 Å². The van der Waals surface area contributed by atoms with E-state index in [2.05, 4.69) is 10.3 Å². The van der Waals surface area contributed by atoms with Crippen molar-refractivity contribution in [3.8, 4) is 0 Å². The molecule has 0 fully saturated rings. The third-order valence-corrected chi connectivity index (χ3v) is 2.82. The highest BCUT2D eigenvalue weighted by Crippen LogP contribution is 2.21. The SMILES string of the molecule is Cc1ccncc1C(CO)Nc1ccc(F)cc1. The second kappa shape index (κ2) is 5.60. The Labute approximate surface area is 105 Å². The summed E-state index contributed by atoms with van der Waals surface area (Å²) in [5.74, 6) is -0.279. The highest BCUT2D eigenvalue weighted by Gasteiger charge is 2.12. The number of nitrogens with zero attached hydrogens (tertiary/aromatic N) is 1. The first kappa shape index (κ1) is 12.5. The molecule has 1 atom stereocenters. The Morgan fingerprint density at radius 3 is 2.61 bits per heavy atom. The van der Waals surface area contributed by atoms with Gasteiger partial charge >= 0.3 is 0 Å². The smallest absolute Gasteiger partial charge is 0.123 e. The summed E-state index contributed by atoms with van der Waals surface area (Å²) in [7, 11) is 0. The number of hydrogen-bond donors (Lipinski definition) is 2. The van der Waals surface area contributed by atoms with Crippen molar-refractivity contribution in [1.29, 1.82) is 0 Å². The van der Waals surface area contributed by atoms with Gasteiger partial charge in [-0.25, -0.2) is 4.39 Å². The second-order valence-corrected chi connectivity index (χ2v) is 4.12. The van der Waals surface area contributed by atoms with Gasteiger partial charge in [-0.15, -0.1) is 0 Å². The molecule has 0 aliphatic carbocycles. The van der Waals surface area contributed by atoms with Crippen LogP contribution >= 0.6 is 0 Å². The van der Waals surface area contributed by atoms with Gasteiger partial charge in [-0.3, -0.25) is 4.98 Å². The van der Waals surface area contributed by atoms with Crippen molar-refractivity contribution in [2.45, 2.75) is 13.0 Å². The molecule has 1 aromatic carbocycles. The summed E-state index contributed by atoms with van der Waals surface area (Å²) in [6.45, 7) is 1.91. The standard InChI is InChI=1S/C14H15FN2O/c1-10-6-7-16-8-13(10)14(9-18)17-12-4-2-11(15)3-5-12/h2-8,14,17-18H,9H2,1H3. The Morgan fingerprint density at radius 2 is 2.00 bits per heavy atom. The first-order chi connectivity index (χ1) is 8.70. The van der Waals surface area contributed by atoms with Crippen LogP contribution in [-0.2, 0) is 0 Å². The van der Waals surface area contributed by atoms with Crippen molar-refractivity contribution in [1.82, 2.24) is 4.98 Å². The molecule has 0 aliphatic rings. The van der Waals surface area contributed by atoms with Gasteiger partial charge < -0.3 is 10.4 Å². The molecule has 2 aromatic rings. The molecule has 1 unspecified atom stereocenters. The van der Waals surface area contributed by atoms with Crippen molar-refractivity contribution >= 4 is 5.69 Å². The lowest BCUT2D eigenvalue weighted by atomic mass is 10.0. The Bertz CT molecular complexity index is 513. The molecule has 2 rings (SSSR count). The summed E-state index contributed by atoms with van der Waals surface area (Å²) < 4.78 is 12.8. The number of hydrogen-bond acceptors (Lipinski definition) is 3. The third-order valence-electron chi connectivity index (χ3n) is 2.82. The number of aromatic nitrogens is 1. The second-order valence-electron chi connectivity index (χ2n) is 4.12. The topological polar surface area (TPSA) is 45.2 Å². The molecule has 94 valence electrons. The van der Waals surface area contributed by atoms with Crippen LogP contribution < -0.4 is 5.32 Å². The van der Waals surface area contributed by atoms with E-state index in [4.69, 9.17) is 0 Å². The van der Waals surface area contributed by atoms with E-state index >= 15 is 0 Å². The molecule has 4 heteroatoms. The van der Waals surface area contributed by atoms with Crippen LogP contribution in [0.5, 0.6) is 0 Å². The van der Waals surface area contributed by atoms with Gasteiger partial charge in [0.15, 0.2) is 0 Å². The van der Waals surface area contributed by atoms with Crippen LogP contribution in [0.1, 0.15) is 17.2 Å². The minimum absolute atomic E-state index is 0.0517. The fourth-order valence-corrected chi connectivity index (χ4v) is 1.81. The number of benzene rings is 1. The van der Waals surface area contributed by atoms with E-state index in [1.807, 2.05) is 13.0 Å². The Balaban J connectivity index is 2.20. The highest BCUT2D eigenvalue weighted by molar-refractivity contribution is 5.46. The van der Waals surface area contributed by atoms with Crippen LogP contribution in [0, 0.1) is 12.7 Å². The molecular weight excluding hydrogens is 231 g/mol. The predicted molar refractivity (Wildman–Crippen MR) is 68.8 cm³/mol. The number of aliphatic hydroxyl groups excluding tert-OH is 1. The van der Waals surface area contributed by atoms with E-state index in [1.165, 1.54) is 12.1 Å². The molecule has 0 aliphatic heterocycles. The molecule has 0 saturated heterocycles. The zero-order chi connectivity index (χ0) is 13.0. The zero-order valence-corrected chi connectivity index (χ0v) is 10.1. The van der Waals surface area contributed by atoms with Gasteiger partial charge in [-0.2, -0.15) is 0 Å². The maximum absolute atomic E-state index is 12.8. The summed E-state index contributed by atoms with van der Waals surface area (Å²) in [6, 6.07) is 7.70. The summed E-state index contributed by atoms with van der Waals surface area (Å²) in [4.78, 5) is 4.06. The number of nitrogens with one attached hydrogen (secondary N) is 1. The monoisotopic (exact) mass is 246 g/mol. The van der Waals surface area contributed by atoms with Crippen molar-refractivity contribution in [3.63, 3.8) is 0 Å². The number of halogens is 1. The maximum atomic E-state index is 12.8. The lowest BCUT2D eigenvalue weighted by molar-refractivity contribution is 0.276. The Kier molecular flexibility index (Phi) is 3.89. The minimum atomic E-state index is -0.279. The number of aliphatic hydroxyl groups is 1. The van der Waals surface area contributed by atoms with E-state index in [1.54, 1.807) is 24.5 Å². The molecule has 1 aromatic heterocycles. The lowest BCUT2D eigenvalue weighted by Crippen LogP contribution is -2.16. The van der Waals surface area contributed by atoms with Crippen molar-refractivity contribution in [2.75, 3.05) is 11.9 Å². The van der Waals surface area contributed by atoms with E-state index in [9.17, 15) is 9.50 Å². The van der Waals surface area contributed by atoms with E-state index < -0.39 is 0 Å². The van der Waals surface area contributed by atoms with Crippen LogP contribution in [0.2, 0.25) is 0 Å². The van der Waals surface area contributed by atoms with Crippen molar-refractivity contribution in [3.05, 3.63) is 59.7 Å². The van der Waals surface area contributed by atoms with Crippen LogP contribution in [0.3, 0.4) is 0 Å². The number of aryl methyl sites for hydroxylation is 1. The average molecular weight is 246 g/mol. The summed E-state index contributed by atoms with van der Waals surface area (Å²) >= 11 is 0. The minimum Gasteiger partial charge on any atom is -0.394 e. The van der Waals surface area contributed by atoms with E-state index in [0.717, 1.165) is 16.8 Å². The van der Waals surface area contributed by atoms with Gasteiger partial charge in [0.05, 0.1) is 12.6 Å². The molecule has 0 amide bonds. The quantitative estimate of drug-likeness (QED) is 0.871. The van der Waals surface area contributed by atoms with E-state index in [-0.39, 0.29) is 18.5 Å². The Hall–Kier alpha value is -1.94. The third kappa shape index (κ3) is 2.84. The number of rotatable bonds is 4. The van der Waals surface area contributed by atoms with Crippen molar-refractivity contribution < 1.29 is 9.50 Å². The molecule has 0 bridgehead atoms. The summed E-state index contributed by atoms with van der Waals surface area (Å²) in [6.07, 6.45) is 3.44. The molecule has 1 heterocycles. The van der Waals surface area contributed by atoms with Gasteiger partial charge in [0.2, 0.25) is 0 Å².